The number of phenolic OH excluding ortho intramolecular Hbond substituents is 1. The van der Waals surface area contributed by atoms with E-state index in [1.165, 1.54) is 18.4 Å². The molecule has 1 atom stereocenters. The molecule has 4 nitrogen and oxygen atoms in total. The van der Waals surface area contributed by atoms with Crippen LogP contribution in [-0.4, -0.2) is 42.8 Å². The van der Waals surface area contributed by atoms with Gasteiger partial charge in [0.1, 0.15) is 11.5 Å². The molecule has 0 aromatic heterocycles. The van der Waals surface area contributed by atoms with Crippen LogP contribution < -0.4 is 10.1 Å². The predicted molar refractivity (Wildman–Crippen MR) is 97.9 cm³/mol. The molecule has 24 heavy (non-hydrogen) atoms. The van der Waals surface area contributed by atoms with Gasteiger partial charge in [-0.2, -0.15) is 0 Å². The molecule has 1 unspecified atom stereocenters. The van der Waals surface area contributed by atoms with Crippen molar-refractivity contribution in [3.05, 3.63) is 54.1 Å². The van der Waals surface area contributed by atoms with Gasteiger partial charge in [0.05, 0.1) is 12.8 Å². The maximum Gasteiger partial charge on any atom is 0.138 e. The Morgan fingerprint density at radius 3 is 2.71 bits per heavy atom. The molecule has 1 heterocycles. The molecule has 2 aromatic rings. The van der Waals surface area contributed by atoms with Gasteiger partial charge in [-0.1, -0.05) is 24.3 Å². The number of nitrogens with one attached hydrogen (secondary N) is 1. The predicted octanol–water partition coefficient (Wildman–Crippen LogP) is 3.52. The largest absolute Gasteiger partial charge is 0.506 e. The quantitative estimate of drug-likeness (QED) is 0.764. The second kappa shape index (κ2) is 8.06. The van der Waals surface area contributed by atoms with E-state index in [4.69, 9.17) is 4.74 Å². The van der Waals surface area contributed by atoms with Crippen LogP contribution in [0.3, 0.4) is 0 Å². The zero-order chi connectivity index (χ0) is 16.8. The molecule has 0 amide bonds. The summed E-state index contributed by atoms with van der Waals surface area (Å²) in [4.78, 5) is 2.55. The minimum atomic E-state index is 0.320. The van der Waals surface area contributed by atoms with Gasteiger partial charge in [-0.15, -0.1) is 0 Å². The Kier molecular flexibility index (Phi) is 5.59. The van der Waals surface area contributed by atoms with Crippen LogP contribution in [0.4, 0.5) is 5.69 Å². The summed E-state index contributed by atoms with van der Waals surface area (Å²) in [5.74, 6) is 1.23. The van der Waals surface area contributed by atoms with Gasteiger partial charge >= 0.3 is 0 Å². The number of para-hydroxylation sites is 2. The van der Waals surface area contributed by atoms with E-state index in [0.29, 0.717) is 11.8 Å². The van der Waals surface area contributed by atoms with Gasteiger partial charge in [0.25, 0.3) is 0 Å². The highest BCUT2D eigenvalue weighted by atomic mass is 16.5. The van der Waals surface area contributed by atoms with Crippen LogP contribution in [0.1, 0.15) is 18.4 Å². The summed E-state index contributed by atoms with van der Waals surface area (Å²) in [5, 5.41) is 13.2. The van der Waals surface area contributed by atoms with Gasteiger partial charge in [-0.05, 0) is 55.6 Å². The lowest BCUT2D eigenvalue weighted by Crippen LogP contribution is -2.36. The molecule has 0 spiro atoms. The van der Waals surface area contributed by atoms with Crippen LogP contribution in [-0.2, 0) is 6.42 Å². The van der Waals surface area contributed by atoms with E-state index in [0.717, 1.165) is 37.5 Å². The standard InChI is InChI=1S/C20H26N2O2/c1-24-18-10-8-16(9-11-18)12-14-22-13-4-5-17(22)15-21-19-6-2-3-7-20(19)23/h2-3,6-11,17,21,23H,4-5,12-15H2,1H3. The molecule has 0 aliphatic carbocycles. The summed E-state index contributed by atoms with van der Waals surface area (Å²) in [6.45, 7) is 3.10. The Labute approximate surface area is 144 Å². The molecule has 3 rings (SSSR count). The molecular formula is C20H26N2O2. The third-order valence-corrected chi connectivity index (χ3v) is 4.78. The molecule has 0 saturated carbocycles. The van der Waals surface area contributed by atoms with Crippen LogP contribution >= 0.6 is 0 Å². The van der Waals surface area contributed by atoms with Gasteiger partial charge in [0, 0.05) is 19.1 Å². The van der Waals surface area contributed by atoms with Gasteiger partial charge in [0.2, 0.25) is 0 Å². The van der Waals surface area contributed by atoms with Gasteiger partial charge in [-0.25, -0.2) is 0 Å². The van der Waals surface area contributed by atoms with E-state index in [1.807, 2.05) is 30.3 Å². The summed E-state index contributed by atoms with van der Waals surface area (Å²) in [5.41, 5.74) is 2.16. The van der Waals surface area contributed by atoms with Crippen molar-refractivity contribution in [2.75, 3.05) is 32.1 Å². The summed E-state index contributed by atoms with van der Waals surface area (Å²) in [7, 11) is 1.70. The van der Waals surface area contributed by atoms with Crippen molar-refractivity contribution in [1.82, 2.24) is 4.90 Å². The van der Waals surface area contributed by atoms with E-state index >= 15 is 0 Å². The number of phenols is 1. The third kappa shape index (κ3) is 4.20. The average molecular weight is 326 g/mol. The molecule has 0 bridgehead atoms. The number of anilines is 1. The topological polar surface area (TPSA) is 44.7 Å². The van der Waals surface area contributed by atoms with Crippen molar-refractivity contribution in [3.8, 4) is 11.5 Å². The fraction of sp³-hybridized carbons (Fsp3) is 0.400. The Morgan fingerprint density at radius 1 is 1.17 bits per heavy atom. The fourth-order valence-electron chi connectivity index (χ4n) is 3.34. The van der Waals surface area contributed by atoms with Crippen molar-refractivity contribution in [3.63, 3.8) is 0 Å². The van der Waals surface area contributed by atoms with Crippen LogP contribution in [0.5, 0.6) is 11.5 Å². The maximum atomic E-state index is 9.86. The Balaban J connectivity index is 1.50. The first-order valence-corrected chi connectivity index (χ1v) is 8.65. The smallest absolute Gasteiger partial charge is 0.138 e. The lowest BCUT2D eigenvalue weighted by atomic mass is 10.1. The second-order valence-corrected chi connectivity index (χ2v) is 6.33. The number of rotatable bonds is 7. The highest BCUT2D eigenvalue weighted by molar-refractivity contribution is 5.55. The normalized spacial score (nSPS) is 17.8. The monoisotopic (exact) mass is 326 g/mol. The lowest BCUT2D eigenvalue weighted by Gasteiger charge is -2.25. The second-order valence-electron chi connectivity index (χ2n) is 6.33. The zero-order valence-electron chi connectivity index (χ0n) is 14.2. The number of aromatic hydroxyl groups is 1. The number of methoxy groups -OCH3 is 1. The molecule has 1 fully saturated rings. The van der Waals surface area contributed by atoms with Crippen molar-refractivity contribution >= 4 is 5.69 Å². The SMILES string of the molecule is COc1ccc(CCN2CCCC2CNc2ccccc2O)cc1. The van der Waals surface area contributed by atoms with Crippen molar-refractivity contribution in [2.45, 2.75) is 25.3 Å². The number of ether oxygens (including phenoxy) is 1. The number of likely N-dealkylation sites (tertiary alicyclic amines) is 1. The number of benzene rings is 2. The Hall–Kier alpha value is -2.20. The van der Waals surface area contributed by atoms with Gasteiger partial charge in [-0.3, -0.25) is 4.90 Å². The highest BCUT2D eigenvalue weighted by Crippen LogP contribution is 2.24. The fourth-order valence-corrected chi connectivity index (χ4v) is 3.34. The molecule has 128 valence electrons. The summed E-state index contributed by atoms with van der Waals surface area (Å²) >= 11 is 0. The molecule has 4 heteroatoms. The van der Waals surface area contributed by atoms with E-state index in [1.54, 1.807) is 13.2 Å². The Morgan fingerprint density at radius 2 is 1.96 bits per heavy atom. The van der Waals surface area contributed by atoms with E-state index in [9.17, 15) is 5.11 Å². The Bertz CT molecular complexity index is 642. The molecule has 1 aliphatic heterocycles. The molecule has 2 aromatic carbocycles. The number of nitrogens with zero attached hydrogens (tertiary/aromatic N) is 1. The minimum absolute atomic E-state index is 0.320. The van der Waals surface area contributed by atoms with Crippen LogP contribution in [0.15, 0.2) is 48.5 Å². The van der Waals surface area contributed by atoms with Crippen molar-refractivity contribution in [1.29, 1.82) is 0 Å². The maximum absolute atomic E-state index is 9.86. The van der Waals surface area contributed by atoms with Crippen LogP contribution in [0.2, 0.25) is 0 Å². The number of hydrogen-bond acceptors (Lipinski definition) is 4. The third-order valence-electron chi connectivity index (χ3n) is 4.78. The first-order valence-electron chi connectivity index (χ1n) is 8.65. The highest BCUT2D eigenvalue weighted by Gasteiger charge is 2.23. The molecular weight excluding hydrogens is 300 g/mol. The van der Waals surface area contributed by atoms with Crippen molar-refractivity contribution < 1.29 is 9.84 Å². The summed E-state index contributed by atoms with van der Waals surface area (Å²) in [6, 6.07) is 16.3. The summed E-state index contributed by atoms with van der Waals surface area (Å²) in [6.07, 6.45) is 3.51. The minimum Gasteiger partial charge on any atom is -0.506 e. The molecule has 0 radical (unpaired) electrons. The average Bonchev–Trinajstić information content (AvgIpc) is 3.07. The zero-order valence-corrected chi connectivity index (χ0v) is 14.2. The van der Waals surface area contributed by atoms with E-state index in [-0.39, 0.29) is 0 Å². The van der Waals surface area contributed by atoms with Gasteiger partial charge < -0.3 is 15.2 Å². The molecule has 2 N–H and O–H groups in total. The van der Waals surface area contributed by atoms with E-state index < -0.39 is 0 Å². The lowest BCUT2D eigenvalue weighted by molar-refractivity contribution is 0.266. The molecule has 1 aliphatic rings. The van der Waals surface area contributed by atoms with Crippen LogP contribution in [0.25, 0.3) is 0 Å². The first-order chi connectivity index (χ1) is 11.8. The van der Waals surface area contributed by atoms with Gasteiger partial charge in [0.15, 0.2) is 0 Å². The summed E-state index contributed by atoms with van der Waals surface area (Å²) < 4.78 is 5.21. The van der Waals surface area contributed by atoms with Crippen LogP contribution in [0, 0.1) is 0 Å². The first kappa shape index (κ1) is 16.7. The van der Waals surface area contributed by atoms with E-state index in [2.05, 4.69) is 22.3 Å². The number of hydrogen-bond donors (Lipinski definition) is 2. The van der Waals surface area contributed by atoms with Crippen molar-refractivity contribution in [2.24, 2.45) is 0 Å². The molecule has 1 saturated heterocycles.